The van der Waals surface area contributed by atoms with Crippen molar-refractivity contribution in [2.75, 3.05) is 12.4 Å². The maximum Gasteiger partial charge on any atom is 0.407 e. The standard InChI is InChI=1S/C36H40N2O5S/c1-24(2)19-33(38-36(41)43-21-31-29-16-8-6-14-27(29)28-15-7-9-17-30(28)31)35(40)37-32(20-25-11-4-3-5-12-25)34(39)23-44-22-26-13-10-18-42-26/h3-18,24,31-34,39H,19-23H2,1-2H3,(H,37,40)(H,38,41)/t32?,33-,34+/m0/s1. The predicted molar refractivity (Wildman–Crippen MR) is 174 cm³/mol. The van der Waals surface area contributed by atoms with Crippen molar-refractivity contribution in [3.05, 3.63) is 120 Å². The number of thioether (sulfide) groups is 1. The molecule has 1 aromatic heterocycles. The van der Waals surface area contributed by atoms with Gasteiger partial charge in [-0.15, -0.1) is 0 Å². The van der Waals surface area contributed by atoms with E-state index in [1.54, 1.807) is 6.26 Å². The Hall–Kier alpha value is -4.01. The zero-order valence-electron chi connectivity index (χ0n) is 25.1. The van der Waals surface area contributed by atoms with Crippen molar-refractivity contribution in [1.82, 2.24) is 10.6 Å². The average molecular weight is 613 g/mol. The highest BCUT2D eigenvalue weighted by Crippen LogP contribution is 2.44. The Bertz CT molecular complexity index is 1460. The lowest BCUT2D eigenvalue weighted by atomic mass is 9.98. The molecule has 1 heterocycles. The quantitative estimate of drug-likeness (QED) is 0.149. The summed E-state index contributed by atoms with van der Waals surface area (Å²) in [7, 11) is 0. The van der Waals surface area contributed by atoms with Crippen LogP contribution in [0.3, 0.4) is 0 Å². The van der Waals surface area contributed by atoms with Crippen LogP contribution < -0.4 is 10.6 Å². The zero-order valence-corrected chi connectivity index (χ0v) is 26.0. The van der Waals surface area contributed by atoms with E-state index in [1.807, 2.05) is 80.6 Å². The number of fused-ring (bicyclic) bond motifs is 3. The van der Waals surface area contributed by atoms with Gasteiger partial charge in [0.25, 0.3) is 0 Å². The van der Waals surface area contributed by atoms with Gasteiger partial charge < -0.3 is 24.9 Å². The number of amides is 2. The fraction of sp³-hybridized carbons (Fsp3) is 0.333. The van der Waals surface area contributed by atoms with Crippen molar-refractivity contribution in [3.63, 3.8) is 0 Å². The summed E-state index contributed by atoms with van der Waals surface area (Å²) in [6, 6.07) is 28.5. The third kappa shape index (κ3) is 8.12. The molecule has 44 heavy (non-hydrogen) atoms. The number of alkyl carbamates (subject to hydrolysis) is 1. The largest absolute Gasteiger partial charge is 0.468 e. The van der Waals surface area contributed by atoms with Crippen LogP contribution in [0.25, 0.3) is 11.1 Å². The van der Waals surface area contributed by atoms with Gasteiger partial charge >= 0.3 is 6.09 Å². The number of carbonyl (C=O) groups excluding carboxylic acids is 2. The van der Waals surface area contributed by atoms with Gasteiger partial charge in [-0.1, -0.05) is 92.7 Å². The van der Waals surface area contributed by atoms with E-state index in [2.05, 4.69) is 34.9 Å². The van der Waals surface area contributed by atoms with Crippen LogP contribution >= 0.6 is 11.8 Å². The van der Waals surface area contributed by atoms with Crippen LogP contribution in [0, 0.1) is 5.92 Å². The molecule has 3 aromatic carbocycles. The van der Waals surface area contributed by atoms with Crippen LogP contribution in [0.5, 0.6) is 0 Å². The van der Waals surface area contributed by atoms with Crippen LogP contribution in [-0.2, 0) is 21.7 Å². The summed E-state index contributed by atoms with van der Waals surface area (Å²) in [5, 5.41) is 17.0. The van der Waals surface area contributed by atoms with E-state index in [1.165, 1.54) is 11.8 Å². The summed E-state index contributed by atoms with van der Waals surface area (Å²) < 4.78 is 11.2. The number of carbonyl (C=O) groups is 2. The van der Waals surface area contributed by atoms with E-state index >= 15 is 0 Å². The van der Waals surface area contributed by atoms with Gasteiger partial charge in [-0.3, -0.25) is 4.79 Å². The van der Waals surface area contributed by atoms with Crippen molar-refractivity contribution in [1.29, 1.82) is 0 Å². The number of nitrogens with one attached hydrogen (secondary N) is 2. The van der Waals surface area contributed by atoms with Crippen LogP contribution in [-0.4, -0.2) is 47.7 Å². The first-order valence-electron chi connectivity index (χ1n) is 15.1. The smallest absolute Gasteiger partial charge is 0.407 e. The van der Waals surface area contributed by atoms with Gasteiger partial charge in [0.1, 0.15) is 18.4 Å². The molecule has 3 atom stereocenters. The van der Waals surface area contributed by atoms with E-state index in [0.717, 1.165) is 33.6 Å². The summed E-state index contributed by atoms with van der Waals surface area (Å²) >= 11 is 1.54. The first kappa shape index (κ1) is 31.4. The average Bonchev–Trinajstić information content (AvgIpc) is 3.66. The van der Waals surface area contributed by atoms with Crippen LogP contribution in [0.1, 0.15) is 48.6 Å². The van der Waals surface area contributed by atoms with Crippen molar-refractivity contribution in [3.8, 4) is 11.1 Å². The van der Waals surface area contributed by atoms with Gasteiger partial charge in [-0.25, -0.2) is 4.79 Å². The lowest BCUT2D eigenvalue weighted by molar-refractivity contribution is -0.124. The highest BCUT2D eigenvalue weighted by molar-refractivity contribution is 7.98. The molecular formula is C36H40N2O5S. The molecule has 7 nitrogen and oxygen atoms in total. The summed E-state index contributed by atoms with van der Waals surface area (Å²) in [5.41, 5.74) is 5.55. The molecule has 0 saturated carbocycles. The first-order chi connectivity index (χ1) is 21.4. The number of benzene rings is 3. The molecule has 1 aliphatic rings. The minimum atomic E-state index is -0.813. The first-order valence-corrected chi connectivity index (χ1v) is 16.3. The van der Waals surface area contributed by atoms with Crippen LogP contribution in [0.2, 0.25) is 0 Å². The Labute approximate surface area is 263 Å². The fourth-order valence-electron chi connectivity index (χ4n) is 5.71. The molecule has 0 radical (unpaired) electrons. The Balaban J connectivity index is 1.23. The second-order valence-corrected chi connectivity index (χ2v) is 12.6. The number of ether oxygens (including phenoxy) is 1. The van der Waals surface area contributed by atoms with Gasteiger partial charge in [-0.05, 0) is 58.7 Å². The number of aliphatic hydroxyl groups excluding tert-OH is 1. The summed E-state index contributed by atoms with van der Waals surface area (Å²) in [6.45, 7) is 4.17. The topological polar surface area (TPSA) is 101 Å². The molecule has 2 amide bonds. The maximum atomic E-state index is 13.7. The molecule has 1 unspecified atom stereocenters. The molecule has 0 spiro atoms. The van der Waals surface area contributed by atoms with Gasteiger partial charge in [-0.2, -0.15) is 11.8 Å². The molecule has 0 bridgehead atoms. The van der Waals surface area contributed by atoms with Gasteiger partial charge in [0.05, 0.1) is 24.2 Å². The highest BCUT2D eigenvalue weighted by Gasteiger charge is 2.31. The number of hydrogen-bond donors (Lipinski definition) is 3. The lowest BCUT2D eigenvalue weighted by Crippen LogP contribution is -2.54. The maximum absolute atomic E-state index is 13.7. The van der Waals surface area contributed by atoms with Gasteiger partial charge in [0.15, 0.2) is 0 Å². The molecule has 0 saturated heterocycles. The molecule has 4 aromatic rings. The number of furan rings is 1. The highest BCUT2D eigenvalue weighted by atomic mass is 32.2. The van der Waals surface area contributed by atoms with Crippen molar-refractivity contribution in [2.45, 2.75) is 56.5 Å². The van der Waals surface area contributed by atoms with Gasteiger partial charge in [0.2, 0.25) is 5.91 Å². The normalized spacial score (nSPS) is 14.4. The van der Waals surface area contributed by atoms with E-state index in [9.17, 15) is 14.7 Å². The molecule has 230 valence electrons. The van der Waals surface area contributed by atoms with Crippen molar-refractivity contribution < 1.29 is 23.8 Å². The number of rotatable bonds is 14. The van der Waals surface area contributed by atoms with Crippen LogP contribution in [0.15, 0.2) is 102 Å². The fourth-order valence-corrected chi connectivity index (χ4v) is 6.67. The van der Waals surface area contributed by atoms with Crippen molar-refractivity contribution in [2.24, 2.45) is 5.92 Å². The second kappa shape index (κ2) is 15.1. The lowest BCUT2D eigenvalue weighted by Gasteiger charge is -2.27. The Morgan fingerprint density at radius 3 is 2.18 bits per heavy atom. The van der Waals surface area contributed by atoms with E-state index in [-0.39, 0.29) is 24.3 Å². The monoisotopic (exact) mass is 612 g/mol. The Kier molecular flexibility index (Phi) is 10.8. The summed E-state index contributed by atoms with van der Waals surface area (Å²) in [6.07, 6.45) is 1.06. The third-order valence-corrected chi connectivity index (χ3v) is 8.93. The third-order valence-electron chi connectivity index (χ3n) is 7.86. The Morgan fingerprint density at radius 1 is 0.886 bits per heavy atom. The SMILES string of the molecule is CC(C)C[C@H](NC(=O)OCC1c2ccccc2-c2ccccc21)C(=O)NC(Cc1ccccc1)[C@H](O)CSCc1ccco1. The molecule has 0 fully saturated rings. The molecule has 8 heteroatoms. The van der Waals surface area contributed by atoms with E-state index < -0.39 is 24.3 Å². The zero-order chi connectivity index (χ0) is 30.9. The molecular weight excluding hydrogens is 572 g/mol. The second-order valence-electron chi connectivity index (χ2n) is 11.6. The number of aliphatic hydroxyl groups is 1. The number of hydrogen-bond acceptors (Lipinski definition) is 6. The van der Waals surface area contributed by atoms with E-state index in [4.69, 9.17) is 9.15 Å². The minimum absolute atomic E-state index is 0.0744. The molecule has 5 rings (SSSR count). The summed E-state index contributed by atoms with van der Waals surface area (Å²) in [4.78, 5) is 26.8. The Morgan fingerprint density at radius 2 is 1.55 bits per heavy atom. The van der Waals surface area contributed by atoms with Gasteiger partial charge in [0, 0.05) is 11.7 Å². The predicted octanol–water partition coefficient (Wildman–Crippen LogP) is 6.55. The molecule has 0 aliphatic heterocycles. The van der Waals surface area contributed by atoms with E-state index in [0.29, 0.717) is 24.3 Å². The summed E-state index contributed by atoms with van der Waals surface area (Å²) in [5.74, 6) is 1.58. The molecule has 3 N–H and O–H groups in total. The minimum Gasteiger partial charge on any atom is -0.468 e. The van der Waals surface area contributed by atoms with Crippen LogP contribution in [0.4, 0.5) is 4.79 Å². The molecule has 1 aliphatic carbocycles. The van der Waals surface area contributed by atoms with Crippen molar-refractivity contribution >= 4 is 23.8 Å².